The minimum absolute atomic E-state index is 0.0397. The van der Waals surface area contributed by atoms with Gasteiger partial charge in [-0.2, -0.15) is 0 Å². The van der Waals surface area contributed by atoms with Crippen molar-refractivity contribution < 1.29 is 24.0 Å². The number of amides is 1. The maximum absolute atomic E-state index is 11.8. The number of benzene rings is 2. The van der Waals surface area contributed by atoms with E-state index in [2.05, 4.69) is 5.32 Å². The molecule has 0 heterocycles. The smallest absolute Gasteiger partial charge is 0.310 e. The zero-order valence-electron chi connectivity index (χ0n) is 15.8. The lowest BCUT2D eigenvalue weighted by Crippen LogP contribution is -2.18. The van der Waals surface area contributed by atoms with Crippen LogP contribution in [-0.4, -0.2) is 16.8 Å². The summed E-state index contributed by atoms with van der Waals surface area (Å²) in [5, 5.41) is 14.0. The Morgan fingerprint density at radius 3 is 2.28 bits per heavy atom. The fraction of sp³-hybridized carbons (Fsp3) is 0.263. The van der Waals surface area contributed by atoms with Crippen LogP contribution < -0.4 is 14.8 Å². The molecule has 0 aliphatic heterocycles. The zero-order chi connectivity index (χ0) is 21.7. The Kier molecular flexibility index (Phi) is 7.41. The van der Waals surface area contributed by atoms with Crippen molar-refractivity contribution in [1.29, 1.82) is 0 Å². The minimum atomic E-state index is -0.640. The number of nitro benzene ring substituents is 1. The summed E-state index contributed by atoms with van der Waals surface area (Å²) < 4.78 is 10.7. The lowest BCUT2D eigenvalue weighted by atomic mass is 10.2. The van der Waals surface area contributed by atoms with E-state index in [0.29, 0.717) is 0 Å². The molecule has 2 aromatic rings. The summed E-state index contributed by atoms with van der Waals surface area (Å²) in [5.41, 5.74) is -0.308. The number of rotatable bonds is 7. The first-order valence-electron chi connectivity index (χ1n) is 8.59. The molecule has 0 unspecified atom stereocenters. The molecule has 0 fully saturated rings. The topological polar surface area (TPSA) is 108 Å². The Morgan fingerprint density at radius 2 is 1.76 bits per heavy atom. The van der Waals surface area contributed by atoms with E-state index < -0.39 is 10.9 Å². The summed E-state index contributed by atoms with van der Waals surface area (Å²) in [6.07, 6.45) is 0.177. The van der Waals surface area contributed by atoms with Gasteiger partial charge in [-0.05, 0) is 12.1 Å². The molecule has 0 spiro atoms. The van der Waals surface area contributed by atoms with Crippen molar-refractivity contribution in [1.82, 2.24) is 0 Å². The van der Waals surface area contributed by atoms with Crippen LogP contribution in [0.5, 0.6) is 17.2 Å². The van der Waals surface area contributed by atoms with Crippen LogP contribution in [0.1, 0.15) is 27.2 Å². The van der Waals surface area contributed by atoms with Crippen molar-refractivity contribution in [3.8, 4) is 17.2 Å². The van der Waals surface area contributed by atoms with Crippen molar-refractivity contribution in [2.45, 2.75) is 27.2 Å². The number of nitrogens with one attached hydrogen (secondary N) is 1. The van der Waals surface area contributed by atoms with Gasteiger partial charge >= 0.3 is 5.97 Å². The third-order valence-electron chi connectivity index (χ3n) is 3.66. The molecule has 10 heteroatoms. The van der Waals surface area contributed by atoms with Crippen LogP contribution in [0, 0.1) is 16.0 Å². The van der Waals surface area contributed by atoms with Crippen LogP contribution in [0.25, 0.3) is 0 Å². The Labute approximate surface area is 176 Å². The minimum Gasteiger partial charge on any atom is -0.454 e. The average molecular weight is 441 g/mol. The number of carbonyl (C=O) groups excluding carboxylic acids is 2. The Morgan fingerprint density at radius 1 is 1.14 bits per heavy atom. The largest absolute Gasteiger partial charge is 0.454 e. The summed E-state index contributed by atoms with van der Waals surface area (Å²) in [6.45, 7) is 4.98. The number of hydrogen-bond acceptors (Lipinski definition) is 6. The highest BCUT2D eigenvalue weighted by atomic mass is 35.5. The van der Waals surface area contributed by atoms with Gasteiger partial charge in [-0.15, -0.1) is 0 Å². The molecule has 2 rings (SSSR count). The van der Waals surface area contributed by atoms with Crippen LogP contribution in [0.15, 0.2) is 30.3 Å². The second kappa shape index (κ2) is 9.58. The van der Waals surface area contributed by atoms with Crippen molar-refractivity contribution >= 4 is 46.5 Å². The summed E-state index contributed by atoms with van der Waals surface area (Å²) in [6, 6.07) is 6.63. The van der Waals surface area contributed by atoms with Gasteiger partial charge in [0.2, 0.25) is 5.91 Å². The molecule has 0 saturated heterocycles. The number of nitrogens with zero attached hydrogens (tertiary/aromatic N) is 1. The molecule has 0 atom stereocenters. The van der Waals surface area contributed by atoms with E-state index in [1.807, 2.05) is 0 Å². The molecule has 8 nitrogen and oxygen atoms in total. The Balaban J connectivity index is 2.32. The van der Waals surface area contributed by atoms with Gasteiger partial charge in [0.25, 0.3) is 5.69 Å². The van der Waals surface area contributed by atoms with E-state index in [1.165, 1.54) is 24.3 Å². The third-order valence-corrected chi connectivity index (χ3v) is 4.22. The highest BCUT2D eigenvalue weighted by Gasteiger charge is 2.20. The van der Waals surface area contributed by atoms with Crippen LogP contribution in [-0.2, 0) is 9.59 Å². The quantitative estimate of drug-likeness (QED) is 0.259. The zero-order valence-corrected chi connectivity index (χ0v) is 17.3. The van der Waals surface area contributed by atoms with Gasteiger partial charge in [0.15, 0.2) is 5.75 Å². The maximum Gasteiger partial charge on any atom is 0.310 e. The first-order valence-corrected chi connectivity index (χ1v) is 9.34. The van der Waals surface area contributed by atoms with E-state index >= 15 is 0 Å². The lowest BCUT2D eigenvalue weighted by Gasteiger charge is -2.13. The number of halogens is 2. The van der Waals surface area contributed by atoms with Crippen molar-refractivity contribution in [2.24, 2.45) is 5.92 Å². The monoisotopic (exact) mass is 440 g/mol. The van der Waals surface area contributed by atoms with Crippen LogP contribution >= 0.6 is 23.2 Å². The highest BCUT2D eigenvalue weighted by Crippen LogP contribution is 2.41. The number of hydrogen-bond donors (Lipinski definition) is 1. The maximum atomic E-state index is 11.8. The Bertz CT molecular complexity index is 939. The van der Waals surface area contributed by atoms with Gasteiger partial charge in [-0.3, -0.25) is 19.7 Å². The molecular formula is C19H18Cl2N2O6. The molecule has 1 amide bonds. The van der Waals surface area contributed by atoms with E-state index in [4.69, 9.17) is 32.7 Å². The van der Waals surface area contributed by atoms with Crippen LogP contribution in [0.2, 0.25) is 10.0 Å². The molecule has 0 saturated carbocycles. The summed E-state index contributed by atoms with van der Waals surface area (Å²) >= 11 is 12.3. The van der Waals surface area contributed by atoms with E-state index in [0.717, 1.165) is 6.07 Å². The number of ether oxygens (including phenoxy) is 2. The first kappa shape index (κ1) is 22.4. The van der Waals surface area contributed by atoms with Crippen LogP contribution in [0.3, 0.4) is 0 Å². The molecular weight excluding hydrogens is 423 g/mol. The second-order valence-corrected chi connectivity index (χ2v) is 7.04. The number of esters is 1. The van der Waals surface area contributed by atoms with Gasteiger partial charge in [-0.25, -0.2) is 0 Å². The van der Waals surface area contributed by atoms with Crippen molar-refractivity contribution in [3.63, 3.8) is 0 Å². The van der Waals surface area contributed by atoms with Crippen LogP contribution in [0.4, 0.5) is 11.4 Å². The normalized spacial score (nSPS) is 10.6. The molecule has 0 aliphatic rings. The fourth-order valence-corrected chi connectivity index (χ4v) is 2.67. The van der Waals surface area contributed by atoms with Crippen molar-refractivity contribution in [3.05, 3.63) is 50.5 Å². The average Bonchev–Trinajstić information content (AvgIpc) is 2.65. The highest BCUT2D eigenvalue weighted by molar-refractivity contribution is 6.37. The summed E-state index contributed by atoms with van der Waals surface area (Å²) in [4.78, 5) is 34.0. The number of carbonyl (C=O) groups is 2. The molecule has 0 aliphatic carbocycles. The lowest BCUT2D eigenvalue weighted by molar-refractivity contribution is -0.384. The predicted molar refractivity (Wildman–Crippen MR) is 109 cm³/mol. The molecule has 154 valence electrons. The standard InChI is InChI=1S/C19H18Cl2N2O6/c1-4-17(24)28-12-7-13(20)18(14(21)8-12)29-11-5-6-15(16(9-11)23(26)27)22-19(25)10(2)3/h5-10H,4H2,1-3H3,(H,22,25). The summed E-state index contributed by atoms with van der Waals surface area (Å²) in [7, 11) is 0. The predicted octanol–water partition coefficient (Wildman–Crippen LogP) is 5.60. The van der Waals surface area contributed by atoms with Gasteiger partial charge in [-0.1, -0.05) is 44.0 Å². The second-order valence-electron chi connectivity index (χ2n) is 6.23. The van der Waals surface area contributed by atoms with Gasteiger partial charge in [0.05, 0.1) is 21.0 Å². The summed E-state index contributed by atoms with van der Waals surface area (Å²) in [5.74, 6) is -0.884. The molecule has 29 heavy (non-hydrogen) atoms. The number of anilines is 1. The molecule has 0 bridgehead atoms. The third kappa shape index (κ3) is 5.82. The fourth-order valence-electron chi connectivity index (χ4n) is 2.12. The van der Waals surface area contributed by atoms with E-state index in [1.54, 1.807) is 20.8 Å². The Hall–Kier alpha value is -2.84. The first-order chi connectivity index (χ1) is 13.6. The molecule has 1 N–H and O–H groups in total. The number of nitro groups is 1. The van der Waals surface area contributed by atoms with Gasteiger partial charge in [0.1, 0.15) is 17.2 Å². The SMILES string of the molecule is CCC(=O)Oc1cc(Cl)c(Oc2ccc(NC(=O)C(C)C)c([N+](=O)[O-])c2)c(Cl)c1. The van der Waals surface area contributed by atoms with Gasteiger partial charge < -0.3 is 14.8 Å². The molecule has 0 radical (unpaired) electrons. The molecule has 2 aromatic carbocycles. The van der Waals surface area contributed by atoms with E-state index in [-0.39, 0.29) is 56.9 Å². The van der Waals surface area contributed by atoms with Gasteiger partial charge in [0, 0.05) is 24.5 Å². The van der Waals surface area contributed by atoms with E-state index in [9.17, 15) is 19.7 Å². The van der Waals surface area contributed by atoms with Crippen molar-refractivity contribution in [2.75, 3.05) is 5.32 Å². The molecule has 0 aromatic heterocycles.